The number of carbonyl (C=O) groups excluding carboxylic acids is 1. The van der Waals surface area contributed by atoms with Crippen LogP contribution in [0.4, 0.5) is 0 Å². The lowest BCUT2D eigenvalue weighted by Gasteiger charge is -2.41. The molecule has 4 heterocycles. The van der Waals surface area contributed by atoms with Gasteiger partial charge in [0.05, 0.1) is 6.54 Å². The van der Waals surface area contributed by atoms with Crippen molar-refractivity contribution in [3.8, 4) is 0 Å². The maximum absolute atomic E-state index is 12.4. The van der Waals surface area contributed by atoms with E-state index in [2.05, 4.69) is 34.2 Å². The van der Waals surface area contributed by atoms with Gasteiger partial charge in [0.2, 0.25) is 5.91 Å². The van der Waals surface area contributed by atoms with E-state index in [0.29, 0.717) is 18.6 Å². The molecular weight excluding hydrogens is 282 g/mol. The van der Waals surface area contributed by atoms with Gasteiger partial charge in [0.25, 0.3) is 0 Å². The molecule has 3 aliphatic rings. The van der Waals surface area contributed by atoms with Gasteiger partial charge in [-0.15, -0.1) is 11.3 Å². The lowest BCUT2D eigenvalue weighted by Crippen LogP contribution is -2.49. The lowest BCUT2D eigenvalue weighted by atomic mass is 9.96. The molecule has 114 valence electrons. The summed E-state index contributed by atoms with van der Waals surface area (Å²) in [5.41, 5.74) is 0. The topological polar surface area (TPSA) is 35.6 Å². The second kappa shape index (κ2) is 5.38. The van der Waals surface area contributed by atoms with E-state index in [1.54, 1.807) is 0 Å². The van der Waals surface area contributed by atoms with Crippen molar-refractivity contribution in [2.75, 3.05) is 19.6 Å². The molecule has 21 heavy (non-hydrogen) atoms. The van der Waals surface area contributed by atoms with Crippen molar-refractivity contribution in [1.29, 1.82) is 0 Å². The number of nitrogens with zero attached hydrogens (tertiary/aromatic N) is 2. The Morgan fingerprint density at radius 1 is 1.24 bits per heavy atom. The third-order valence-electron chi connectivity index (χ3n) is 5.23. The maximum atomic E-state index is 12.4. The van der Waals surface area contributed by atoms with Crippen LogP contribution in [-0.4, -0.2) is 47.4 Å². The number of fused-ring (bicyclic) bond motifs is 1. The number of carbonyl (C=O) groups is 1. The predicted octanol–water partition coefficient (Wildman–Crippen LogP) is 2.11. The van der Waals surface area contributed by atoms with Crippen LogP contribution in [-0.2, 0) is 4.79 Å². The Bertz CT molecular complexity index is 543. The Morgan fingerprint density at radius 3 is 2.95 bits per heavy atom. The molecule has 3 unspecified atom stereocenters. The van der Waals surface area contributed by atoms with Gasteiger partial charge >= 0.3 is 0 Å². The normalized spacial score (nSPS) is 33.7. The van der Waals surface area contributed by atoms with Gasteiger partial charge in [0.15, 0.2) is 0 Å². The summed E-state index contributed by atoms with van der Waals surface area (Å²) in [4.78, 5) is 19.8. The molecule has 4 nitrogen and oxygen atoms in total. The summed E-state index contributed by atoms with van der Waals surface area (Å²) in [7, 11) is 0. The second-order valence-corrected chi connectivity index (χ2v) is 7.86. The van der Waals surface area contributed by atoms with Gasteiger partial charge in [-0.25, -0.2) is 0 Å². The molecule has 1 aromatic rings. The third kappa shape index (κ3) is 2.41. The molecule has 5 heteroatoms. The summed E-state index contributed by atoms with van der Waals surface area (Å²) in [5, 5.41) is 3.42. The van der Waals surface area contributed by atoms with Crippen molar-refractivity contribution in [1.82, 2.24) is 15.1 Å². The maximum Gasteiger partial charge on any atom is 0.238 e. The largest absolute Gasteiger partial charge is 0.318 e. The Balaban J connectivity index is 1.55. The number of amides is 1. The first-order valence-electron chi connectivity index (χ1n) is 8.07. The number of aryl methyl sites for hydroxylation is 1. The van der Waals surface area contributed by atoms with Gasteiger partial charge in [-0.05, 0) is 51.3 Å². The second-order valence-electron chi connectivity index (χ2n) is 6.54. The van der Waals surface area contributed by atoms with Gasteiger partial charge in [-0.1, -0.05) is 0 Å². The molecule has 3 saturated heterocycles. The highest BCUT2D eigenvalue weighted by atomic mass is 32.1. The van der Waals surface area contributed by atoms with Crippen LogP contribution in [0.5, 0.6) is 0 Å². The lowest BCUT2D eigenvalue weighted by molar-refractivity contribution is -0.131. The monoisotopic (exact) mass is 305 g/mol. The molecule has 3 atom stereocenters. The minimum absolute atomic E-state index is 0.106. The summed E-state index contributed by atoms with van der Waals surface area (Å²) in [6.45, 7) is 5.05. The Hall–Kier alpha value is -0.910. The highest BCUT2D eigenvalue weighted by molar-refractivity contribution is 7.12. The van der Waals surface area contributed by atoms with Crippen LogP contribution in [0.2, 0.25) is 0 Å². The first-order chi connectivity index (χ1) is 10.2. The number of nitrogens with one attached hydrogen (secondary N) is 1. The molecule has 3 fully saturated rings. The number of hydrogen-bond donors (Lipinski definition) is 1. The third-order valence-corrected chi connectivity index (χ3v) is 6.28. The van der Waals surface area contributed by atoms with Gasteiger partial charge in [0.1, 0.15) is 6.17 Å². The van der Waals surface area contributed by atoms with Crippen LogP contribution < -0.4 is 5.32 Å². The summed E-state index contributed by atoms with van der Waals surface area (Å²) in [5.74, 6) is 0.280. The zero-order valence-electron chi connectivity index (χ0n) is 12.5. The number of thiophene rings is 1. The molecule has 0 aromatic carbocycles. The predicted molar refractivity (Wildman–Crippen MR) is 84.3 cm³/mol. The summed E-state index contributed by atoms with van der Waals surface area (Å²) in [6, 6.07) is 5.46. The van der Waals surface area contributed by atoms with E-state index in [0.717, 1.165) is 19.4 Å². The molecule has 1 aromatic heterocycles. The van der Waals surface area contributed by atoms with E-state index in [1.807, 2.05) is 11.3 Å². The van der Waals surface area contributed by atoms with E-state index in [-0.39, 0.29) is 12.1 Å². The van der Waals surface area contributed by atoms with E-state index in [4.69, 9.17) is 0 Å². The van der Waals surface area contributed by atoms with E-state index in [1.165, 1.54) is 29.1 Å². The van der Waals surface area contributed by atoms with Crippen LogP contribution in [0.25, 0.3) is 0 Å². The average Bonchev–Trinajstić information content (AvgIpc) is 3.17. The fourth-order valence-electron chi connectivity index (χ4n) is 4.23. The average molecular weight is 305 g/mol. The molecule has 1 amide bonds. The molecular formula is C16H23N3OS. The van der Waals surface area contributed by atoms with Gasteiger partial charge in [-0.2, -0.15) is 0 Å². The van der Waals surface area contributed by atoms with E-state index in [9.17, 15) is 4.79 Å². The first-order valence-corrected chi connectivity index (χ1v) is 8.89. The van der Waals surface area contributed by atoms with Crippen molar-refractivity contribution < 1.29 is 4.79 Å². The van der Waals surface area contributed by atoms with Gasteiger partial charge in [-0.3, -0.25) is 10.1 Å². The fraction of sp³-hybridized carbons (Fsp3) is 0.688. The van der Waals surface area contributed by atoms with E-state index < -0.39 is 0 Å². The zero-order chi connectivity index (χ0) is 14.4. The Morgan fingerprint density at radius 2 is 2.14 bits per heavy atom. The summed E-state index contributed by atoms with van der Waals surface area (Å²) >= 11 is 1.81. The van der Waals surface area contributed by atoms with Crippen LogP contribution in [0.15, 0.2) is 12.1 Å². The SMILES string of the molecule is Cc1ccc(C2NCC(=O)N2C2CCN3CCCC3C2)s1. The van der Waals surface area contributed by atoms with Gasteiger partial charge in [0, 0.05) is 28.4 Å². The highest BCUT2D eigenvalue weighted by Gasteiger charge is 2.41. The molecule has 0 spiro atoms. The molecule has 0 aliphatic carbocycles. The number of piperidine rings is 1. The van der Waals surface area contributed by atoms with Gasteiger partial charge < -0.3 is 9.80 Å². The van der Waals surface area contributed by atoms with Crippen LogP contribution in [0.3, 0.4) is 0 Å². The quantitative estimate of drug-likeness (QED) is 0.909. The molecule has 0 radical (unpaired) electrons. The Labute approximate surface area is 130 Å². The van der Waals surface area contributed by atoms with Crippen LogP contribution in [0.1, 0.15) is 41.6 Å². The molecule has 0 bridgehead atoms. The number of rotatable bonds is 2. The van der Waals surface area contributed by atoms with Crippen molar-refractivity contribution in [2.24, 2.45) is 0 Å². The van der Waals surface area contributed by atoms with Crippen molar-refractivity contribution >= 4 is 17.2 Å². The minimum Gasteiger partial charge on any atom is -0.318 e. The van der Waals surface area contributed by atoms with Crippen molar-refractivity contribution in [3.05, 3.63) is 21.9 Å². The summed E-state index contributed by atoms with van der Waals surface area (Å²) in [6.07, 6.45) is 5.04. The summed E-state index contributed by atoms with van der Waals surface area (Å²) < 4.78 is 0. The minimum atomic E-state index is 0.106. The highest BCUT2D eigenvalue weighted by Crippen LogP contribution is 2.36. The smallest absolute Gasteiger partial charge is 0.238 e. The fourth-order valence-corrected chi connectivity index (χ4v) is 5.18. The Kier molecular flexibility index (Phi) is 3.52. The van der Waals surface area contributed by atoms with Crippen molar-refractivity contribution in [2.45, 2.75) is 50.9 Å². The van der Waals surface area contributed by atoms with E-state index >= 15 is 0 Å². The molecule has 4 rings (SSSR count). The molecule has 1 N–H and O–H groups in total. The van der Waals surface area contributed by atoms with Crippen LogP contribution in [0, 0.1) is 6.92 Å². The number of hydrogen-bond acceptors (Lipinski definition) is 4. The van der Waals surface area contributed by atoms with Crippen molar-refractivity contribution in [3.63, 3.8) is 0 Å². The molecule has 0 saturated carbocycles. The molecule has 3 aliphatic heterocycles. The van der Waals surface area contributed by atoms with Crippen LogP contribution >= 0.6 is 11.3 Å². The zero-order valence-corrected chi connectivity index (χ0v) is 13.4. The first kappa shape index (κ1) is 13.7. The standard InChI is InChI=1S/C16H23N3OS/c1-11-4-5-14(21-11)16-17-10-15(20)19(16)13-6-8-18-7-2-3-12(18)9-13/h4-5,12-13,16-17H,2-3,6-10H2,1H3.